The Kier molecular flexibility index (Phi) is 5.06. The zero-order valence-electron chi connectivity index (χ0n) is 17.7. The summed E-state index contributed by atoms with van der Waals surface area (Å²) in [6, 6.07) is 11.1. The highest BCUT2D eigenvalue weighted by molar-refractivity contribution is 8.00. The van der Waals surface area contributed by atoms with E-state index < -0.39 is 0 Å². The van der Waals surface area contributed by atoms with Crippen LogP contribution in [0.1, 0.15) is 13.8 Å². The number of aromatic nitrogens is 7. The van der Waals surface area contributed by atoms with E-state index in [1.165, 1.54) is 6.20 Å². The standard InChI is InChI=1S/C22H20N8OS/c1-13(2)32-17-9-6-7-15-18(17)26-22(25-16-8-4-5-10-23-21(16)31)30-20(15)27-19(28-30)14-11-24-29(3)12-14/h4-13H,1-3H3,(H,23,25,26,31). The lowest BCUT2D eigenvalue weighted by atomic mass is 10.2. The van der Waals surface area contributed by atoms with E-state index in [-0.39, 0.29) is 5.56 Å². The van der Waals surface area contributed by atoms with E-state index in [4.69, 9.17) is 9.97 Å². The van der Waals surface area contributed by atoms with E-state index in [1.807, 2.05) is 31.4 Å². The summed E-state index contributed by atoms with van der Waals surface area (Å²) in [5.41, 5.74) is 2.15. The van der Waals surface area contributed by atoms with Gasteiger partial charge in [-0.2, -0.15) is 9.61 Å². The molecule has 0 bridgehead atoms. The molecule has 4 heterocycles. The van der Waals surface area contributed by atoms with Crippen LogP contribution in [0.25, 0.3) is 27.9 Å². The predicted octanol–water partition coefficient (Wildman–Crippen LogP) is 3.68. The van der Waals surface area contributed by atoms with Crippen molar-refractivity contribution in [3.05, 3.63) is 65.3 Å². The van der Waals surface area contributed by atoms with Crippen LogP contribution < -0.4 is 10.9 Å². The summed E-state index contributed by atoms with van der Waals surface area (Å²) >= 11 is 1.72. The van der Waals surface area contributed by atoms with Crippen LogP contribution in [-0.2, 0) is 7.05 Å². The van der Waals surface area contributed by atoms with Crippen molar-refractivity contribution in [1.29, 1.82) is 0 Å². The lowest BCUT2D eigenvalue weighted by molar-refractivity contribution is 0.768. The number of thioether (sulfide) groups is 1. The number of nitrogens with zero attached hydrogens (tertiary/aromatic N) is 7. The number of para-hydroxylation sites is 1. The van der Waals surface area contributed by atoms with E-state index >= 15 is 0 Å². The predicted molar refractivity (Wildman–Crippen MR) is 125 cm³/mol. The van der Waals surface area contributed by atoms with E-state index in [0.717, 1.165) is 21.4 Å². The van der Waals surface area contributed by atoms with Gasteiger partial charge in [-0.25, -0.2) is 15.0 Å². The van der Waals surface area contributed by atoms with Gasteiger partial charge in [-0.05, 0) is 24.3 Å². The average Bonchev–Trinajstić information content (AvgIpc) is 3.34. The molecule has 5 rings (SSSR count). The second kappa shape index (κ2) is 8.04. The number of rotatable bonds is 5. The zero-order valence-corrected chi connectivity index (χ0v) is 18.5. The number of hydrogen-bond acceptors (Lipinski definition) is 8. The molecule has 0 spiro atoms. The molecule has 1 aromatic carbocycles. The molecule has 9 nitrogen and oxygen atoms in total. The van der Waals surface area contributed by atoms with Crippen LogP contribution in [0.3, 0.4) is 0 Å². The maximum atomic E-state index is 12.4. The van der Waals surface area contributed by atoms with Gasteiger partial charge >= 0.3 is 0 Å². The van der Waals surface area contributed by atoms with Crippen molar-refractivity contribution in [3.8, 4) is 11.4 Å². The Morgan fingerprint density at radius 3 is 2.75 bits per heavy atom. The minimum atomic E-state index is -0.387. The summed E-state index contributed by atoms with van der Waals surface area (Å²) in [5.74, 6) is 0.911. The molecule has 4 aromatic heterocycles. The monoisotopic (exact) mass is 444 g/mol. The fourth-order valence-electron chi connectivity index (χ4n) is 3.36. The van der Waals surface area contributed by atoms with Crippen molar-refractivity contribution in [2.75, 3.05) is 5.32 Å². The van der Waals surface area contributed by atoms with E-state index in [9.17, 15) is 4.79 Å². The molecule has 0 fully saturated rings. The van der Waals surface area contributed by atoms with E-state index in [2.05, 4.69) is 34.3 Å². The van der Waals surface area contributed by atoms with Crippen molar-refractivity contribution in [2.24, 2.45) is 7.05 Å². The molecule has 0 aliphatic rings. The fourth-order valence-corrected chi connectivity index (χ4v) is 4.30. The van der Waals surface area contributed by atoms with Crippen molar-refractivity contribution < 1.29 is 0 Å². The summed E-state index contributed by atoms with van der Waals surface area (Å²) in [6.07, 6.45) is 5.03. The third-order valence-electron chi connectivity index (χ3n) is 4.72. The Balaban J connectivity index is 1.78. The molecule has 10 heteroatoms. The second-order valence-corrected chi connectivity index (χ2v) is 9.12. The highest BCUT2D eigenvalue weighted by Gasteiger charge is 2.18. The molecule has 0 amide bonds. The number of anilines is 2. The van der Waals surface area contributed by atoms with Crippen LogP contribution in [0.4, 0.5) is 11.6 Å². The Morgan fingerprint density at radius 2 is 1.97 bits per heavy atom. The molecule has 0 radical (unpaired) electrons. The molecule has 5 aromatic rings. The van der Waals surface area contributed by atoms with Crippen molar-refractivity contribution >= 4 is 39.9 Å². The first-order valence-corrected chi connectivity index (χ1v) is 10.9. The minimum Gasteiger partial charge on any atom is -0.319 e. The summed E-state index contributed by atoms with van der Waals surface area (Å²) in [6.45, 7) is 4.27. The van der Waals surface area contributed by atoms with Crippen LogP contribution >= 0.6 is 11.8 Å². The third kappa shape index (κ3) is 3.69. The molecule has 32 heavy (non-hydrogen) atoms. The SMILES string of the molecule is CC(C)Sc1cccc2c1nc(Nc1ccccnc1=O)n1nc(-c3cnn(C)c3)nc21. The van der Waals surface area contributed by atoms with Gasteiger partial charge in [0.25, 0.3) is 5.56 Å². The lowest BCUT2D eigenvalue weighted by Crippen LogP contribution is -2.12. The van der Waals surface area contributed by atoms with Crippen LogP contribution in [0.2, 0.25) is 0 Å². The van der Waals surface area contributed by atoms with Gasteiger partial charge in [0.15, 0.2) is 11.5 Å². The number of nitrogens with one attached hydrogen (secondary N) is 1. The van der Waals surface area contributed by atoms with Gasteiger partial charge in [0, 0.05) is 35.0 Å². The average molecular weight is 445 g/mol. The smallest absolute Gasteiger partial charge is 0.293 e. The minimum absolute atomic E-state index is 0.301. The normalized spacial score (nSPS) is 11.5. The van der Waals surface area contributed by atoms with Gasteiger partial charge in [-0.1, -0.05) is 26.0 Å². The molecular formula is C22H20N8OS. The third-order valence-corrected chi connectivity index (χ3v) is 5.77. The fraction of sp³-hybridized carbons (Fsp3) is 0.182. The first-order valence-electron chi connectivity index (χ1n) is 10.1. The van der Waals surface area contributed by atoms with Gasteiger partial charge in [-0.15, -0.1) is 16.9 Å². The first kappa shape index (κ1) is 20.1. The molecule has 0 aliphatic carbocycles. The second-order valence-electron chi connectivity index (χ2n) is 7.50. The molecule has 0 unspecified atom stereocenters. The maximum Gasteiger partial charge on any atom is 0.293 e. The van der Waals surface area contributed by atoms with Gasteiger partial charge in [0.1, 0.15) is 5.69 Å². The topological polar surface area (TPSA) is 103 Å². The van der Waals surface area contributed by atoms with Crippen LogP contribution in [0, 0.1) is 0 Å². The number of benzene rings is 1. The highest BCUT2D eigenvalue weighted by Crippen LogP contribution is 2.33. The van der Waals surface area contributed by atoms with Gasteiger partial charge < -0.3 is 5.32 Å². The van der Waals surface area contributed by atoms with Gasteiger partial charge in [0.2, 0.25) is 5.95 Å². The van der Waals surface area contributed by atoms with Crippen molar-refractivity contribution in [1.82, 2.24) is 34.3 Å². The van der Waals surface area contributed by atoms with Crippen molar-refractivity contribution in [2.45, 2.75) is 24.0 Å². The molecule has 0 aliphatic heterocycles. The number of aryl methyl sites for hydroxylation is 1. The van der Waals surface area contributed by atoms with E-state index in [0.29, 0.717) is 28.4 Å². The Morgan fingerprint density at radius 1 is 1.09 bits per heavy atom. The molecule has 0 saturated heterocycles. The highest BCUT2D eigenvalue weighted by atomic mass is 32.2. The lowest BCUT2D eigenvalue weighted by Gasteiger charge is -2.11. The van der Waals surface area contributed by atoms with E-state index in [1.54, 1.807) is 45.4 Å². The van der Waals surface area contributed by atoms with Gasteiger partial charge in [0.05, 0.1) is 17.3 Å². The molecule has 0 atom stereocenters. The number of hydrogen-bond donors (Lipinski definition) is 1. The molecule has 160 valence electrons. The largest absolute Gasteiger partial charge is 0.319 e. The Hall–Kier alpha value is -3.79. The number of fused-ring (bicyclic) bond motifs is 3. The Labute approximate surface area is 187 Å². The zero-order chi connectivity index (χ0) is 22.2. The van der Waals surface area contributed by atoms with Crippen molar-refractivity contribution in [3.63, 3.8) is 0 Å². The summed E-state index contributed by atoms with van der Waals surface area (Å²) in [5, 5.41) is 13.3. The van der Waals surface area contributed by atoms with Gasteiger partial charge in [-0.3, -0.25) is 9.48 Å². The molecular weight excluding hydrogens is 424 g/mol. The van der Waals surface area contributed by atoms with Crippen LogP contribution in [-0.4, -0.2) is 39.6 Å². The maximum absolute atomic E-state index is 12.4. The quantitative estimate of drug-likeness (QED) is 0.410. The van der Waals surface area contributed by atoms with Crippen LogP contribution in [0.15, 0.2) is 64.7 Å². The molecule has 0 saturated carbocycles. The first-order chi connectivity index (χ1) is 15.5. The summed E-state index contributed by atoms with van der Waals surface area (Å²) in [4.78, 5) is 27.0. The summed E-state index contributed by atoms with van der Waals surface area (Å²) in [7, 11) is 1.84. The summed E-state index contributed by atoms with van der Waals surface area (Å²) < 4.78 is 3.33. The molecule has 1 N–H and O–H groups in total. The van der Waals surface area contributed by atoms with Crippen LogP contribution in [0.5, 0.6) is 0 Å². The Bertz CT molecular complexity index is 1510.